The van der Waals surface area contributed by atoms with Gasteiger partial charge in [0.1, 0.15) is 5.82 Å². The number of ketones is 1. The van der Waals surface area contributed by atoms with Gasteiger partial charge in [-0.1, -0.05) is 11.6 Å². The number of carbonyl (C=O) groups is 1. The summed E-state index contributed by atoms with van der Waals surface area (Å²) in [6.45, 7) is 6.26. The van der Waals surface area contributed by atoms with Crippen molar-refractivity contribution in [2.75, 3.05) is 50.7 Å². The van der Waals surface area contributed by atoms with Crippen LogP contribution < -0.4 is 4.90 Å². The number of benzene rings is 2. The first kappa shape index (κ1) is 19.7. The lowest BCUT2D eigenvalue weighted by molar-refractivity contribution is 0.0961. The highest BCUT2D eigenvalue weighted by Gasteiger charge is 2.24. The molecule has 28 heavy (non-hydrogen) atoms. The van der Waals surface area contributed by atoms with Gasteiger partial charge < -0.3 is 4.90 Å². The molecule has 0 atom stereocenters. The Morgan fingerprint density at radius 1 is 1.00 bits per heavy atom. The minimum Gasteiger partial charge on any atom is -0.369 e. The van der Waals surface area contributed by atoms with Crippen LogP contribution in [0.2, 0.25) is 5.02 Å². The van der Waals surface area contributed by atoms with Crippen LogP contribution in [0.25, 0.3) is 0 Å². The number of Topliss-reactive ketones (excluding diaryl/α,β-unsaturated/α-hetero) is 1. The quantitative estimate of drug-likeness (QED) is 0.677. The van der Waals surface area contributed by atoms with Gasteiger partial charge in [-0.2, -0.15) is 0 Å². The van der Waals surface area contributed by atoms with Crippen molar-refractivity contribution in [3.05, 3.63) is 58.9 Å². The summed E-state index contributed by atoms with van der Waals surface area (Å²) < 4.78 is 15.2. The van der Waals surface area contributed by atoms with Crippen LogP contribution in [-0.4, -0.2) is 60.8 Å². The maximum atomic E-state index is 13.1. The zero-order valence-electron chi connectivity index (χ0n) is 15.6. The Labute approximate surface area is 174 Å². The molecule has 2 heterocycles. The molecule has 1 saturated heterocycles. The molecule has 0 N–H and O–H groups in total. The summed E-state index contributed by atoms with van der Waals surface area (Å²) in [5.41, 5.74) is 1.86. The highest BCUT2D eigenvalue weighted by Crippen LogP contribution is 2.33. The third kappa shape index (κ3) is 4.69. The first-order valence-corrected chi connectivity index (χ1v) is 10.7. The zero-order chi connectivity index (χ0) is 19.5. The number of anilines is 1. The number of halogens is 2. The molecule has 0 aromatic heterocycles. The molecule has 2 aliphatic heterocycles. The minimum atomic E-state index is -0.193. The summed E-state index contributed by atoms with van der Waals surface area (Å²) in [5.74, 6) is -0.0281. The molecule has 0 saturated carbocycles. The van der Waals surface area contributed by atoms with E-state index in [0.717, 1.165) is 61.8 Å². The molecule has 148 valence electrons. The van der Waals surface area contributed by atoms with Gasteiger partial charge in [0, 0.05) is 53.9 Å². The summed E-state index contributed by atoms with van der Waals surface area (Å²) in [5, 5.41) is 0.667. The predicted octanol–water partition coefficient (Wildman–Crippen LogP) is 4.20. The van der Waals surface area contributed by atoms with Crippen molar-refractivity contribution in [1.82, 2.24) is 9.21 Å². The Hall–Kier alpha value is -1.60. The monoisotopic (exact) mass is 419 g/mol. The van der Waals surface area contributed by atoms with Gasteiger partial charge in [-0.15, -0.1) is 0 Å². The van der Waals surface area contributed by atoms with Gasteiger partial charge in [0.05, 0.1) is 6.54 Å². The Bertz CT molecular complexity index is 840. The summed E-state index contributed by atoms with van der Waals surface area (Å²) in [4.78, 5) is 18.0. The summed E-state index contributed by atoms with van der Waals surface area (Å²) >= 11 is 7.70. The average Bonchev–Trinajstić information content (AvgIpc) is 2.69. The smallest absolute Gasteiger partial charge is 0.178 e. The Balaban J connectivity index is 1.22. The van der Waals surface area contributed by atoms with Crippen LogP contribution in [0.3, 0.4) is 0 Å². The third-order valence-corrected chi connectivity index (χ3v) is 6.58. The maximum absolute atomic E-state index is 13.1. The van der Waals surface area contributed by atoms with Crippen LogP contribution in [0.4, 0.5) is 10.1 Å². The van der Waals surface area contributed by atoms with Crippen molar-refractivity contribution in [3.8, 4) is 0 Å². The molecule has 4 rings (SSSR count). The van der Waals surface area contributed by atoms with Crippen molar-refractivity contribution in [3.63, 3.8) is 0 Å². The third-order valence-electron chi connectivity index (χ3n) is 5.24. The highest BCUT2D eigenvalue weighted by molar-refractivity contribution is 7.97. The van der Waals surface area contributed by atoms with Crippen LogP contribution in [0.5, 0.6) is 0 Å². The fraction of sp³-hybridized carbons (Fsp3) is 0.381. The second-order valence-corrected chi connectivity index (χ2v) is 8.75. The van der Waals surface area contributed by atoms with Crippen molar-refractivity contribution < 1.29 is 9.18 Å². The maximum Gasteiger partial charge on any atom is 0.178 e. The normalized spacial score (nSPS) is 18.4. The number of nitrogens with zero attached hydrogens (tertiary/aromatic N) is 3. The molecular weight excluding hydrogens is 397 g/mol. The average molecular weight is 420 g/mol. The molecule has 0 aliphatic carbocycles. The molecule has 2 aliphatic rings. The molecule has 7 heteroatoms. The lowest BCUT2D eigenvalue weighted by Crippen LogP contribution is -2.47. The zero-order valence-corrected chi connectivity index (χ0v) is 17.2. The molecule has 2 aromatic rings. The fourth-order valence-corrected chi connectivity index (χ4v) is 5.07. The fourth-order valence-electron chi connectivity index (χ4n) is 3.70. The molecule has 1 fully saturated rings. The van der Waals surface area contributed by atoms with Gasteiger partial charge in [-0.25, -0.2) is 8.70 Å². The molecule has 0 unspecified atom stereocenters. The van der Waals surface area contributed by atoms with E-state index in [2.05, 4.69) is 14.1 Å². The van der Waals surface area contributed by atoms with Crippen LogP contribution >= 0.6 is 23.5 Å². The standard InChI is InChI=1S/C21H23ClFN3OS/c22-16-2-7-19-20(27)15-26(28-21(19)14-16)9-1-8-24-10-12-25(13-11-24)18-5-3-17(23)4-6-18/h2-7,14H,1,8-13,15H2. The number of rotatable bonds is 5. The van der Waals surface area contributed by atoms with Crippen LogP contribution in [0.1, 0.15) is 16.8 Å². The van der Waals surface area contributed by atoms with E-state index in [-0.39, 0.29) is 11.6 Å². The first-order valence-electron chi connectivity index (χ1n) is 9.57. The Kier molecular flexibility index (Phi) is 6.21. The molecule has 4 nitrogen and oxygen atoms in total. The topological polar surface area (TPSA) is 26.8 Å². The van der Waals surface area contributed by atoms with Crippen molar-refractivity contribution in [2.45, 2.75) is 11.3 Å². The molecule has 0 bridgehead atoms. The van der Waals surface area contributed by atoms with Gasteiger partial charge in [0.2, 0.25) is 0 Å². The largest absolute Gasteiger partial charge is 0.369 e. The van der Waals surface area contributed by atoms with Crippen LogP contribution in [0.15, 0.2) is 47.4 Å². The number of hydrogen-bond donors (Lipinski definition) is 0. The van der Waals surface area contributed by atoms with Crippen LogP contribution in [0, 0.1) is 5.82 Å². The number of hydrogen-bond acceptors (Lipinski definition) is 5. The molecular formula is C21H23ClFN3OS. The van der Waals surface area contributed by atoms with E-state index in [0.29, 0.717) is 11.6 Å². The summed E-state index contributed by atoms with van der Waals surface area (Å²) in [6.07, 6.45) is 1.02. The summed E-state index contributed by atoms with van der Waals surface area (Å²) in [7, 11) is 0. The molecule has 0 radical (unpaired) electrons. The highest BCUT2D eigenvalue weighted by atomic mass is 35.5. The van der Waals surface area contributed by atoms with E-state index < -0.39 is 0 Å². The van der Waals surface area contributed by atoms with Crippen molar-refractivity contribution >= 4 is 35.0 Å². The lowest BCUT2D eigenvalue weighted by atomic mass is 10.1. The first-order chi connectivity index (χ1) is 13.6. The van der Waals surface area contributed by atoms with Crippen LogP contribution in [-0.2, 0) is 0 Å². The van der Waals surface area contributed by atoms with Gasteiger partial charge in [-0.3, -0.25) is 9.69 Å². The molecule has 2 aromatic carbocycles. The van der Waals surface area contributed by atoms with Gasteiger partial charge >= 0.3 is 0 Å². The van der Waals surface area contributed by atoms with Crippen molar-refractivity contribution in [1.29, 1.82) is 0 Å². The Morgan fingerprint density at radius 2 is 1.75 bits per heavy atom. The van der Waals surface area contributed by atoms with E-state index in [1.165, 1.54) is 12.1 Å². The second-order valence-electron chi connectivity index (χ2n) is 7.18. The van der Waals surface area contributed by atoms with E-state index in [4.69, 9.17) is 11.6 Å². The lowest BCUT2D eigenvalue weighted by Gasteiger charge is -2.36. The minimum absolute atomic E-state index is 0.165. The number of piperazine rings is 1. The van der Waals surface area contributed by atoms with Gasteiger partial charge in [0.25, 0.3) is 0 Å². The number of carbonyl (C=O) groups excluding carboxylic acids is 1. The van der Waals surface area contributed by atoms with Crippen molar-refractivity contribution in [2.24, 2.45) is 0 Å². The SMILES string of the molecule is O=C1CN(CCCN2CCN(c3ccc(F)cc3)CC2)Sc2cc(Cl)ccc21. The van der Waals surface area contributed by atoms with E-state index in [1.807, 2.05) is 24.3 Å². The second kappa shape index (κ2) is 8.82. The van der Waals surface area contributed by atoms with Gasteiger partial charge in [-0.05, 0) is 67.4 Å². The van der Waals surface area contributed by atoms with E-state index in [9.17, 15) is 9.18 Å². The predicted molar refractivity (Wildman–Crippen MR) is 113 cm³/mol. The van der Waals surface area contributed by atoms with E-state index in [1.54, 1.807) is 18.0 Å². The van der Waals surface area contributed by atoms with Gasteiger partial charge in [0.15, 0.2) is 5.78 Å². The Morgan fingerprint density at radius 3 is 2.50 bits per heavy atom. The van der Waals surface area contributed by atoms with E-state index >= 15 is 0 Å². The molecule has 0 spiro atoms. The number of fused-ring (bicyclic) bond motifs is 1. The summed E-state index contributed by atoms with van der Waals surface area (Å²) in [6, 6.07) is 12.2. The molecule has 0 amide bonds.